The van der Waals surface area contributed by atoms with Crippen molar-refractivity contribution in [2.24, 2.45) is 0 Å². The molecule has 0 aliphatic carbocycles. The quantitative estimate of drug-likeness (QED) is 0.881. The van der Waals surface area contributed by atoms with E-state index >= 15 is 0 Å². The van der Waals surface area contributed by atoms with Crippen LogP contribution in [0.2, 0.25) is 0 Å². The van der Waals surface area contributed by atoms with Crippen molar-refractivity contribution < 1.29 is 17.6 Å². The van der Waals surface area contributed by atoms with Gasteiger partial charge < -0.3 is 9.15 Å². The van der Waals surface area contributed by atoms with Crippen molar-refractivity contribution in [1.82, 2.24) is 4.98 Å². The molecule has 20 heavy (non-hydrogen) atoms. The number of aryl methyl sites for hydroxylation is 1. The highest BCUT2D eigenvalue weighted by atomic mass is 32.2. The van der Waals surface area contributed by atoms with Gasteiger partial charge in [-0.3, -0.25) is 4.72 Å². The minimum Gasteiger partial charge on any atom is -0.493 e. The number of nitrogens with one attached hydrogen (secondary N) is 1. The molecule has 0 atom stereocenters. The predicted molar refractivity (Wildman–Crippen MR) is 75.3 cm³/mol. The van der Waals surface area contributed by atoms with Gasteiger partial charge in [-0.2, -0.15) is 0 Å². The zero-order valence-corrected chi connectivity index (χ0v) is 12.1. The molecule has 108 valence electrons. The van der Waals surface area contributed by atoms with E-state index < -0.39 is 10.0 Å². The van der Waals surface area contributed by atoms with Crippen molar-refractivity contribution in [3.05, 3.63) is 42.1 Å². The fourth-order valence-corrected chi connectivity index (χ4v) is 2.19. The predicted octanol–water partition coefficient (Wildman–Crippen LogP) is 1.98. The lowest BCUT2D eigenvalue weighted by molar-refractivity contribution is 0.320. The van der Waals surface area contributed by atoms with E-state index in [1.165, 1.54) is 0 Å². The van der Waals surface area contributed by atoms with Crippen LogP contribution in [0.3, 0.4) is 0 Å². The molecule has 2 aromatic rings. The number of anilines is 1. The van der Waals surface area contributed by atoms with Crippen molar-refractivity contribution in [2.45, 2.75) is 13.3 Å². The number of hydrogen-bond donors (Lipinski definition) is 1. The van der Waals surface area contributed by atoms with Crippen LogP contribution in [0.25, 0.3) is 0 Å². The Morgan fingerprint density at radius 1 is 1.30 bits per heavy atom. The number of ether oxygens (including phenoxy) is 1. The Morgan fingerprint density at radius 2 is 2.00 bits per heavy atom. The molecule has 0 aliphatic rings. The Hall–Kier alpha value is -2.02. The lowest BCUT2D eigenvalue weighted by atomic mass is 10.3. The molecule has 0 fully saturated rings. The fourth-order valence-electron chi connectivity index (χ4n) is 1.63. The minimum atomic E-state index is -3.25. The Morgan fingerprint density at radius 3 is 2.55 bits per heavy atom. The summed E-state index contributed by atoms with van der Waals surface area (Å²) in [4.78, 5) is 4.17. The van der Waals surface area contributed by atoms with Gasteiger partial charge in [0.15, 0.2) is 5.89 Å². The van der Waals surface area contributed by atoms with Gasteiger partial charge in [0.05, 0.1) is 18.6 Å². The second-order valence-electron chi connectivity index (χ2n) is 4.35. The van der Waals surface area contributed by atoms with E-state index in [0.29, 0.717) is 30.4 Å². The molecule has 0 saturated carbocycles. The van der Waals surface area contributed by atoms with Crippen LogP contribution in [0.4, 0.5) is 5.69 Å². The van der Waals surface area contributed by atoms with Crippen molar-refractivity contribution >= 4 is 15.7 Å². The molecule has 2 rings (SSSR count). The summed E-state index contributed by atoms with van der Waals surface area (Å²) >= 11 is 0. The fraction of sp³-hybridized carbons (Fsp3) is 0.308. The summed E-state index contributed by atoms with van der Waals surface area (Å²) < 4.78 is 35.1. The van der Waals surface area contributed by atoms with E-state index in [4.69, 9.17) is 9.15 Å². The molecule has 7 heteroatoms. The normalized spacial score (nSPS) is 11.3. The first-order valence-corrected chi connectivity index (χ1v) is 7.93. The van der Waals surface area contributed by atoms with Crippen LogP contribution in [0.1, 0.15) is 11.6 Å². The Balaban J connectivity index is 1.84. The monoisotopic (exact) mass is 296 g/mol. The van der Waals surface area contributed by atoms with Crippen LogP contribution < -0.4 is 9.46 Å². The third-order valence-electron chi connectivity index (χ3n) is 2.45. The zero-order chi connectivity index (χ0) is 14.6. The number of aromatic nitrogens is 1. The van der Waals surface area contributed by atoms with Gasteiger partial charge in [-0.25, -0.2) is 13.4 Å². The SMILES string of the molecule is Cc1nc(CCOc2ccc(NS(C)(=O)=O)cc2)co1. The van der Waals surface area contributed by atoms with Gasteiger partial charge in [0.2, 0.25) is 10.0 Å². The molecule has 0 spiro atoms. The van der Waals surface area contributed by atoms with Crippen LogP contribution in [-0.2, 0) is 16.4 Å². The summed E-state index contributed by atoms with van der Waals surface area (Å²) in [6.07, 6.45) is 3.37. The van der Waals surface area contributed by atoms with Crippen molar-refractivity contribution in [3.8, 4) is 5.75 Å². The van der Waals surface area contributed by atoms with Gasteiger partial charge in [0.1, 0.15) is 12.0 Å². The largest absolute Gasteiger partial charge is 0.493 e. The van der Waals surface area contributed by atoms with Gasteiger partial charge in [-0.1, -0.05) is 0 Å². The standard InChI is InChI=1S/C13H16N2O4S/c1-10-14-12(9-19-10)7-8-18-13-5-3-11(4-6-13)15-20(2,16)17/h3-6,9,15H,7-8H2,1-2H3. The molecule has 0 amide bonds. The highest BCUT2D eigenvalue weighted by Gasteiger charge is 2.03. The molecule has 1 aromatic carbocycles. The van der Waals surface area contributed by atoms with Crippen LogP contribution >= 0.6 is 0 Å². The molecule has 1 aromatic heterocycles. The van der Waals surface area contributed by atoms with Crippen LogP contribution in [0.5, 0.6) is 5.75 Å². The smallest absolute Gasteiger partial charge is 0.229 e. The first-order valence-electron chi connectivity index (χ1n) is 6.04. The van der Waals surface area contributed by atoms with Crippen molar-refractivity contribution in [2.75, 3.05) is 17.6 Å². The summed E-state index contributed by atoms with van der Waals surface area (Å²) in [5.74, 6) is 1.31. The lowest BCUT2D eigenvalue weighted by Crippen LogP contribution is -2.09. The Labute approximate surface area is 117 Å². The second kappa shape index (κ2) is 5.96. The first-order chi connectivity index (χ1) is 9.42. The number of rotatable bonds is 6. The molecular formula is C13H16N2O4S. The summed E-state index contributed by atoms with van der Waals surface area (Å²) in [6.45, 7) is 2.27. The van der Waals surface area contributed by atoms with E-state index in [0.717, 1.165) is 11.9 Å². The number of oxazole rings is 1. The summed E-state index contributed by atoms with van der Waals surface area (Å²) in [5, 5.41) is 0. The number of sulfonamides is 1. The van der Waals surface area contributed by atoms with Gasteiger partial charge in [0.25, 0.3) is 0 Å². The molecule has 0 saturated heterocycles. The molecule has 0 aliphatic heterocycles. The highest BCUT2D eigenvalue weighted by molar-refractivity contribution is 7.92. The number of nitrogens with zero attached hydrogens (tertiary/aromatic N) is 1. The maximum absolute atomic E-state index is 11.1. The third kappa shape index (κ3) is 4.58. The van der Waals surface area contributed by atoms with E-state index in [2.05, 4.69) is 9.71 Å². The lowest BCUT2D eigenvalue weighted by Gasteiger charge is -2.07. The molecule has 0 bridgehead atoms. The molecule has 0 radical (unpaired) electrons. The molecular weight excluding hydrogens is 280 g/mol. The number of benzene rings is 1. The van der Waals surface area contributed by atoms with Crippen LogP contribution in [0.15, 0.2) is 34.9 Å². The molecule has 0 unspecified atom stereocenters. The summed E-state index contributed by atoms with van der Waals surface area (Å²) in [5.41, 5.74) is 1.35. The van der Waals surface area contributed by atoms with E-state index in [-0.39, 0.29) is 0 Å². The summed E-state index contributed by atoms with van der Waals surface area (Å²) in [7, 11) is -3.25. The van der Waals surface area contributed by atoms with Gasteiger partial charge >= 0.3 is 0 Å². The highest BCUT2D eigenvalue weighted by Crippen LogP contribution is 2.16. The third-order valence-corrected chi connectivity index (χ3v) is 3.06. The summed E-state index contributed by atoms with van der Waals surface area (Å²) in [6, 6.07) is 6.72. The molecule has 1 heterocycles. The van der Waals surface area contributed by atoms with Crippen molar-refractivity contribution in [1.29, 1.82) is 0 Å². The average Bonchev–Trinajstić information content (AvgIpc) is 2.75. The Bertz CT molecular complexity index is 662. The zero-order valence-electron chi connectivity index (χ0n) is 11.3. The Kier molecular flexibility index (Phi) is 4.29. The van der Waals surface area contributed by atoms with Crippen molar-refractivity contribution in [3.63, 3.8) is 0 Å². The second-order valence-corrected chi connectivity index (χ2v) is 6.10. The maximum atomic E-state index is 11.1. The van der Waals surface area contributed by atoms with Gasteiger partial charge in [0, 0.05) is 19.0 Å². The van der Waals surface area contributed by atoms with E-state index in [9.17, 15) is 8.42 Å². The van der Waals surface area contributed by atoms with Gasteiger partial charge in [-0.15, -0.1) is 0 Å². The minimum absolute atomic E-state index is 0.477. The van der Waals surface area contributed by atoms with Gasteiger partial charge in [-0.05, 0) is 24.3 Å². The molecule has 6 nitrogen and oxygen atoms in total. The topological polar surface area (TPSA) is 81.4 Å². The van der Waals surface area contributed by atoms with Crippen LogP contribution in [0, 0.1) is 6.92 Å². The maximum Gasteiger partial charge on any atom is 0.229 e. The first kappa shape index (κ1) is 14.4. The number of hydrogen-bond acceptors (Lipinski definition) is 5. The average molecular weight is 296 g/mol. The van der Waals surface area contributed by atoms with Crippen LogP contribution in [-0.4, -0.2) is 26.3 Å². The molecule has 1 N–H and O–H groups in total. The van der Waals surface area contributed by atoms with E-state index in [1.807, 2.05) is 0 Å². The van der Waals surface area contributed by atoms with E-state index in [1.54, 1.807) is 37.5 Å².